The summed E-state index contributed by atoms with van der Waals surface area (Å²) in [7, 11) is 4.19. The number of imidazole rings is 1. The van der Waals surface area contributed by atoms with E-state index in [1.807, 2.05) is 6.07 Å². The van der Waals surface area contributed by atoms with Gasteiger partial charge in [0.05, 0.1) is 18.1 Å². The molecule has 2 aromatic heterocycles. The van der Waals surface area contributed by atoms with Gasteiger partial charge in [0, 0.05) is 25.4 Å². The van der Waals surface area contributed by atoms with Crippen LogP contribution in [0.5, 0.6) is 0 Å². The van der Waals surface area contributed by atoms with Gasteiger partial charge in [-0.15, -0.1) is 0 Å². The van der Waals surface area contributed by atoms with Crippen molar-refractivity contribution < 1.29 is 4.57 Å². The van der Waals surface area contributed by atoms with Crippen molar-refractivity contribution >= 4 is 16.9 Å². The van der Waals surface area contributed by atoms with E-state index in [1.54, 1.807) is 0 Å². The van der Waals surface area contributed by atoms with Crippen LogP contribution in [0.25, 0.3) is 22.6 Å². The molecule has 1 aliphatic rings. The molecule has 0 saturated heterocycles. The molecule has 0 amide bonds. The van der Waals surface area contributed by atoms with Gasteiger partial charge in [-0.2, -0.15) is 0 Å². The first-order valence-corrected chi connectivity index (χ1v) is 9.14. The molecule has 0 bridgehead atoms. The Bertz CT molecular complexity index is 985. The molecule has 134 valence electrons. The first-order valence-electron chi connectivity index (χ1n) is 9.14. The Kier molecular flexibility index (Phi) is 3.94. The highest BCUT2D eigenvalue weighted by Crippen LogP contribution is 2.26. The molecule has 4 rings (SSSR count). The quantitative estimate of drug-likeness (QED) is 0.679. The fraction of sp³-hybridized carbons (Fsp3) is 0.333. The minimum atomic E-state index is 0.289. The topological polar surface area (TPSA) is 28.2 Å². The summed E-state index contributed by atoms with van der Waals surface area (Å²) in [5.74, 6) is 2.13. The van der Waals surface area contributed by atoms with Gasteiger partial charge in [-0.1, -0.05) is 12.1 Å². The van der Waals surface area contributed by atoms with Gasteiger partial charge in [0.2, 0.25) is 0 Å². The maximum absolute atomic E-state index is 4.87. The summed E-state index contributed by atoms with van der Waals surface area (Å²) in [5.41, 5.74) is 3.27. The number of nitrogens with zero attached hydrogens (tertiary/aromatic N) is 5. The van der Waals surface area contributed by atoms with Gasteiger partial charge in [-0.05, 0) is 45.0 Å². The zero-order valence-electron chi connectivity index (χ0n) is 16.1. The molecule has 1 unspecified atom stereocenters. The van der Waals surface area contributed by atoms with Crippen LogP contribution in [0.4, 0.5) is 5.82 Å². The second-order valence-electron chi connectivity index (χ2n) is 7.19. The molecule has 26 heavy (non-hydrogen) atoms. The lowest BCUT2D eigenvalue weighted by atomic mass is 10.3. The summed E-state index contributed by atoms with van der Waals surface area (Å²) >= 11 is 0. The molecular formula is C21H26N5+. The van der Waals surface area contributed by atoms with Crippen LogP contribution < -0.4 is 9.47 Å². The van der Waals surface area contributed by atoms with E-state index in [2.05, 4.69) is 103 Å². The second kappa shape index (κ2) is 6.16. The molecular weight excluding hydrogens is 322 g/mol. The first kappa shape index (κ1) is 16.6. The van der Waals surface area contributed by atoms with E-state index in [0.717, 1.165) is 28.4 Å². The average molecular weight is 348 g/mol. The summed E-state index contributed by atoms with van der Waals surface area (Å²) in [5, 5.41) is 0. The van der Waals surface area contributed by atoms with Crippen LogP contribution in [0, 0.1) is 0 Å². The van der Waals surface area contributed by atoms with E-state index in [1.165, 1.54) is 0 Å². The molecule has 1 aromatic carbocycles. The van der Waals surface area contributed by atoms with Gasteiger partial charge in [0.15, 0.2) is 17.7 Å². The average Bonchev–Trinajstić information content (AvgIpc) is 3.16. The van der Waals surface area contributed by atoms with Gasteiger partial charge in [0.1, 0.15) is 6.20 Å². The van der Waals surface area contributed by atoms with Crippen LogP contribution in [0.3, 0.4) is 0 Å². The van der Waals surface area contributed by atoms with Gasteiger partial charge in [-0.3, -0.25) is 0 Å². The smallest absolute Gasteiger partial charge is 0.283 e. The standard InChI is InChI=1S/C21H26N5/c1-15(2)25-13-14-26(16(25)3)20-12-8-11-19(23(20)4)21-22-17-9-6-7-10-18(17)24(21)5/h6-16H,1-5H3/q+1. The van der Waals surface area contributed by atoms with Gasteiger partial charge < -0.3 is 9.47 Å². The highest BCUT2D eigenvalue weighted by Gasteiger charge is 2.33. The molecule has 1 aliphatic heterocycles. The van der Waals surface area contributed by atoms with Crippen molar-refractivity contribution in [2.75, 3.05) is 4.90 Å². The lowest BCUT2D eigenvalue weighted by molar-refractivity contribution is -0.648. The number of hydrogen-bond acceptors (Lipinski definition) is 3. The number of aromatic nitrogens is 3. The lowest BCUT2D eigenvalue weighted by Gasteiger charge is -2.28. The number of benzene rings is 1. The summed E-state index contributed by atoms with van der Waals surface area (Å²) in [6, 6.07) is 15.2. The van der Waals surface area contributed by atoms with Crippen molar-refractivity contribution in [3.05, 3.63) is 54.9 Å². The Hall–Kier alpha value is -2.82. The van der Waals surface area contributed by atoms with Crippen LogP contribution >= 0.6 is 0 Å². The molecule has 0 N–H and O–H groups in total. The van der Waals surface area contributed by atoms with E-state index in [0.29, 0.717) is 6.04 Å². The fourth-order valence-corrected chi connectivity index (χ4v) is 3.84. The molecule has 5 nitrogen and oxygen atoms in total. The minimum absolute atomic E-state index is 0.289. The Labute approximate surface area is 154 Å². The second-order valence-corrected chi connectivity index (χ2v) is 7.19. The molecule has 0 spiro atoms. The fourth-order valence-electron chi connectivity index (χ4n) is 3.84. The normalized spacial score (nSPS) is 17.1. The largest absolute Gasteiger partial charge is 0.334 e. The number of pyridine rings is 1. The summed E-state index contributed by atoms with van der Waals surface area (Å²) < 4.78 is 4.39. The molecule has 0 aliphatic carbocycles. The van der Waals surface area contributed by atoms with Crippen LogP contribution in [0.1, 0.15) is 20.8 Å². The first-order chi connectivity index (χ1) is 12.5. The van der Waals surface area contributed by atoms with E-state index < -0.39 is 0 Å². The molecule has 0 fully saturated rings. The zero-order chi connectivity index (χ0) is 18.4. The third-order valence-electron chi connectivity index (χ3n) is 5.31. The van der Waals surface area contributed by atoms with Gasteiger partial charge >= 0.3 is 0 Å². The molecule has 0 radical (unpaired) electrons. The van der Waals surface area contributed by atoms with Crippen molar-refractivity contribution in [2.24, 2.45) is 14.1 Å². The van der Waals surface area contributed by atoms with Crippen LogP contribution in [-0.4, -0.2) is 26.7 Å². The van der Waals surface area contributed by atoms with Crippen molar-refractivity contribution in [1.82, 2.24) is 14.5 Å². The SMILES string of the molecule is CC(C)N1C=CN(c2cccc(-c3nc4ccccc4n3C)[n+]2C)C1C. The van der Waals surface area contributed by atoms with E-state index in [4.69, 9.17) is 4.98 Å². The van der Waals surface area contributed by atoms with Crippen LogP contribution in [0.2, 0.25) is 0 Å². The lowest BCUT2D eigenvalue weighted by Crippen LogP contribution is -2.46. The Morgan fingerprint density at radius 3 is 2.50 bits per heavy atom. The van der Waals surface area contributed by atoms with Crippen LogP contribution in [0.15, 0.2) is 54.9 Å². The molecule has 3 heterocycles. The number of aryl methyl sites for hydroxylation is 1. The predicted molar refractivity (Wildman–Crippen MR) is 105 cm³/mol. The Morgan fingerprint density at radius 2 is 1.81 bits per heavy atom. The highest BCUT2D eigenvalue weighted by molar-refractivity contribution is 5.79. The Morgan fingerprint density at radius 1 is 1.04 bits per heavy atom. The molecule has 5 heteroatoms. The van der Waals surface area contributed by atoms with Gasteiger partial charge in [0.25, 0.3) is 5.82 Å². The number of para-hydroxylation sites is 2. The van der Waals surface area contributed by atoms with E-state index in [-0.39, 0.29) is 6.17 Å². The van der Waals surface area contributed by atoms with E-state index >= 15 is 0 Å². The number of anilines is 1. The van der Waals surface area contributed by atoms with Gasteiger partial charge in [-0.25, -0.2) is 14.5 Å². The van der Waals surface area contributed by atoms with Crippen LogP contribution in [-0.2, 0) is 14.1 Å². The summed E-state index contributed by atoms with van der Waals surface area (Å²) in [4.78, 5) is 9.54. The minimum Gasteiger partial charge on any atom is -0.334 e. The van der Waals surface area contributed by atoms with Crippen molar-refractivity contribution in [3.63, 3.8) is 0 Å². The monoisotopic (exact) mass is 348 g/mol. The summed E-state index contributed by atoms with van der Waals surface area (Å²) in [6.45, 7) is 6.68. The van der Waals surface area contributed by atoms with Crippen molar-refractivity contribution in [1.29, 1.82) is 0 Å². The third-order valence-corrected chi connectivity index (χ3v) is 5.31. The molecule has 1 atom stereocenters. The maximum atomic E-state index is 4.87. The highest BCUT2D eigenvalue weighted by atomic mass is 15.4. The number of fused-ring (bicyclic) bond motifs is 1. The molecule has 0 saturated carbocycles. The molecule has 3 aromatic rings. The Balaban J connectivity index is 1.80. The number of rotatable bonds is 3. The maximum Gasteiger partial charge on any atom is 0.283 e. The predicted octanol–water partition coefficient (Wildman–Crippen LogP) is 3.41. The summed E-state index contributed by atoms with van der Waals surface area (Å²) in [6.07, 6.45) is 4.63. The zero-order valence-corrected chi connectivity index (χ0v) is 16.1. The van der Waals surface area contributed by atoms with Crippen molar-refractivity contribution in [2.45, 2.75) is 33.0 Å². The number of hydrogen-bond donors (Lipinski definition) is 0. The van der Waals surface area contributed by atoms with Crippen molar-refractivity contribution in [3.8, 4) is 11.5 Å². The third kappa shape index (κ3) is 2.46. The van der Waals surface area contributed by atoms with E-state index in [9.17, 15) is 0 Å².